The quantitative estimate of drug-likeness (QED) is 0.843. The molecule has 2 aromatic rings. The number of nitrogens with zero attached hydrogens (tertiary/aromatic N) is 2. The third kappa shape index (κ3) is 2.38. The minimum absolute atomic E-state index is 0.266. The van der Waals surface area contributed by atoms with Crippen LogP contribution in [0.4, 0.5) is 0 Å². The highest BCUT2D eigenvalue weighted by Gasteiger charge is 2.15. The number of aromatic carboxylic acids is 1. The third-order valence-corrected chi connectivity index (χ3v) is 2.89. The number of carbonyl (C=O) groups is 1. The molecule has 0 amide bonds. The molecule has 0 saturated heterocycles. The van der Waals surface area contributed by atoms with E-state index in [-0.39, 0.29) is 5.56 Å². The van der Waals surface area contributed by atoms with Gasteiger partial charge < -0.3 is 9.67 Å². The van der Waals surface area contributed by atoms with E-state index in [4.69, 9.17) is 5.11 Å². The Labute approximate surface area is 115 Å². The van der Waals surface area contributed by atoms with E-state index in [2.05, 4.69) is 18.1 Å². The molecule has 0 aromatic carbocycles. The van der Waals surface area contributed by atoms with Crippen molar-refractivity contribution in [2.45, 2.75) is 13.0 Å². The van der Waals surface area contributed by atoms with Gasteiger partial charge in [-0.2, -0.15) is 0 Å². The Balaban J connectivity index is 2.82. The molecular weight excluding hydrogens is 256 g/mol. The second-order valence-corrected chi connectivity index (χ2v) is 4.28. The van der Waals surface area contributed by atoms with Gasteiger partial charge in [0.15, 0.2) is 0 Å². The van der Waals surface area contributed by atoms with Crippen LogP contribution in [-0.2, 0) is 13.0 Å². The van der Waals surface area contributed by atoms with Crippen LogP contribution in [-0.4, -0.2) is 20.6 Å². The molecule has 0 fully saturated rings. The number of hydrogen-bond donors (Lipinski definition) is 1. The molecule has 0 unspecified atom stereocenters. The summed E-state index contributed by atoms with van der Waals surface area (Å²) in [6.07, 6.45) is 5.23. The first-order chi connectivity index (χ1) is 9.58. The van der Waals surface area contributed by atoms with Gasteiger partial charge in [0.2, 0.25) is 5.43 Å². The van der Waals surface area contributed by atoms with Crippen molar-refractivity contribution >= 4 is 17.0 Å². The van der Waals surface area contributed by atoms with E-state index in [1.165, 1.54) is 6.20 Å². The Morgan fingerprint density at radius 2 is 2.10 bits per heavy atom. The van der Waals surface area contributed by atoms with Gasteiger partial charge in [0.05, 0.1) is 5.39 Å². The number of allylic oxidation sites excluding steroid dienone is 2. The minimum atomic E-state index is -1.25. The Kier molecular flexibility index (Phi) is 3.79. The number of rotatable bonds is 5. The molecule has 0 aliphatic heterocycles. The fourth-order valence-corrected chi connectivity index (χ4v) is 2.00. The van der Waals surface area contributed by atoms with Crippen LogP contribution in [0.1, 0.15) is 16.1 Å². The van der Waals surface area contributed by atoms with Gasteiger partial charge in [-0.15, -0.1) is 13.2 Å². The van der Waals surface area contributed by atoms with E-state index >= 15 is 0 Å². The van der Waals surface area contributed by atoms with Crippen LogP contribution in [0.5, 0.6) is 0 Å². The van der Waals surface area contributed by atoms with Gasteiger partial charge in [-0.05, 0) is 12.1 Å². The number of carboxylic acid groups (broad SMARTS) is 1. The Morgan fingerprint density at radius 3 is 2.70 bits per heavy atom. The summed E-state index contributed by atoms with van der Waals surface area (Å²) in [5, 5.41) is 9.38. The van der Waals surface area contributed by atoms with Crippen LogP contribution in [0.2, 0.25) is 0 Å². The zero-order chi connectivity index (χ0) is 14.7. The smallest absolute Gasteiger partial charge is 0.341 e. The third-order valence-electron chi connectivity index (χ3n) is 2.89. The van der Waals surface area contributed by atoms with Crippen molar-refractivity contribution < 1.29 is 9.90 Å². The fraction of sp³-hybridized carbons (Fsp3) is 0.133. The lowest BCUT2D eigenvalue weighted by Gasteiger charge is -2.10. The molecule has 0 radical (unpaired) electrons. The van der Waals surface area contributed by atoms with Crippen molar-refractivity contribution in [2.24, 2.45) is 0 Å². The van der Waals surface area contributed by atoms with Crippen molar-refractivity contribution in [1.82, 2.24) is 9.55 Å². The van der Waals surface area contributed by atoms with Gasteiger partial charge in [0.1, 0.15) is 11.2 Å². The van der Waals surface area contributed by atoms with Crippen LogP contribution in [0, 0.1) is 0 Å². The predicted octanol–water partition coefficient (Wildman–Crippen LogP) is 2.01. The molecule has 0 aliphatic rings. The van der Waals surface area contributed by atoms with E-state index in [1.807, 2.05) is 0 Å². The molecular formula is C15H14N2O3. The maximum Gasteiger partial charge on any atom is 0.341 e. The Bertz CT molecular complexity index is 760. The topological polar surface area (TPSA) is 72.2 Å². The Hall–Kier alpha value is -2.69. The molecule has 5 nitrogen and oxygen atoms in total. The van der Waals surface area contributed by atoms with E-state index in [0.717, 1.165) is 5.69 Å². The monoisotopic (exact) mass is 270 g/mol. The second kappa shape index (κ2) is 5.52. The SMILES string of the molecule is C=CCc1ccc2c(=O)c(C(=O)O)cn(CC=C)c2n1. The van der Waals surface area contributed by atoms with Crippen LogP contribution in [0.25, 0.3) is 11.0 Å². The highest BCUT2D eigenvalue weighted by molar-refractivity contribution is 5.91. The lowest BCUT2D eigenvalue weighted by Crippen LogP contribution is -2.19. The van der Waals surface area contributed by atoms with Crippen molar-refractivity contribution in [1.29, 1.82) is 0 Å². The first-order valence-electron chi connectivity index (χ1n) is 6.06. The first kappa shape index (κ1) is 13.7. The largest absolute Gasteiger partial charge is 0.477 e. The summed E-state index contributed by atoms with van der Waals surface area (Å²) in [5.41, 5.74) is 0.440. The highest BCUT2D eigenvalue weighted by Crippen LogP contribution is 2.12. The summed E-state index contributed by atoms with van der Waals surface area (Å²) in [6.45, 7) is 7.65. The van der Waals surface area contributed by atoms with Crippen LogP contribution < -0.4 is 5.43 Å². The van der Waals surface area contributed by atoms with E-state index in [0.29, 0.717) is 24.0 Å². The molecule has 5 heteroatoms. The van der Waals surface area contributed by atoms with E-state index in [1.54, 1.807) is 28.9 Å². The standard InChI is InChI=1S/C15H14N2O3/c1-3-5-10-6-7-11-13(18)12(15(19)20)9-17(8-4-2)14(11)16-10/h3-4,6-7,9H,1-2,5,8H2,(H,19,20). The summed E-state index contributed by atoms with van der Waals surface area (Å²) in [5.74, 6) is -1.25. The summed E-state index contributed by atoms with van der Waals surface area (Å²) >= 11 is 0. The zero-order valence-electron chi connectivity index (χ0n) is 10.9. The van der Waals surface area contributed by atoms with Crippen molar-refractivity contribution in [2.75, 3.05) is 0 Å². The highest BCUT2D eigenvalue weighted by atomic mass is 16.4. The van der Waals surface area contributed by atoms with E-state index in [9.17, 15) is 9.59 Å². The summed E-state index contributed by atoms with van der Waals surface area (Å²) in [7, 11) is 0. The number of carboxylic acids is 1. The average Bonchev–Trinajstić information content (AvgIpc) is 2.42. The second-order valence-electron chi connectivity index (χ2n) is 4.28. The summed E-state index contributed by atoms with van der Waals surface area (Å²) in [6, 6.07) is 3.31. The van der Waals surface area contributed by atoms with E-state index < -0.39 is 11.4 Å². The molecule has 102 valence electrons. The average molecular weight is 270 g/mol. The summed E-state index contributed by atoms with van der Waals surface area (Å²) in [4.78, 5) is 27.6. The lowest BCUT2D eigenvalue weighted by molar-refractivity contribution is 0.0695. The molecule has 0 atom stereocenters. The number of pyridine rings is 2. The van der Waals surface area contributed by atoms with Crippen molar-refractivity contribution in [3.8, 4) is 0 Å². The van der Waals surface area contributed by atoms with Crippen molar-refractivity contribution in [3.63, 3.8) is 0 Å². The van der Waals surface area contributed by atoms with Gasteiger partial charge in [0.25, 0.3) is 0 Å². The zero-order valence-corrected chi connectivity index (χ0v) is 10.9. The van der Waals surface area contributed by atoms with Crippen molar-refractivity contribution in [3.05, 3.63) is 65.1 Å². The molecule has 2 rings (SSSR count). The Morgan fingerprint density at radius 1 is 1.35 bits per heavy atom. The minimum Gasteiger partial charge on any atom is -0.477 e. The molecule has 0 spiro atoms. The van der Waals surface area contributed by atoms with Gasteiger partial charge in [0, 0.05) is 24.9 Å². The maximum atomic E-state index is 12.1. The first-order valence-corrected chi connectivity index (χ1v) is 6.06. The molecule has 0 aliphatic carbocycles. The molecule has 0 saturated carbocycles. The maximum absolute atomic E-state index is 12.1. The van der Waals surface area contributed by atoms with Gasteiger partial charge in [-0.1, -0.05) is 12.2 Å². The van der Waals surface area contributed by atoms with Gasteiger partial charge in [-0.3, -0.25) is 4.79 Å². The van der Waals surface area contributed by atoms with Crippen LogP contribution in [0.15, 0.2) is 48.4 Å². The number of fused-ring (bicyclic) bond motifs is 1. The predicted molar refractivity (Wildman–Crippen MR) is 77.1 cm³/mol. The normalized spacial score (nSPS) is 10.4. The molecule has 2 aromatic heterocycles. The van der Waals surface area contributed by atoms with Crippen LogP contribution in [0.3, 0.4) is 0 Å². The summed E-state index contributed by atoms with van der Waals surface area (Å²) < 4.78 is 1.61. The molecule has 20 heavy (non-hydrogen) atoms. The van der Waals surface area contributed by atoms with Gasteiger partial charge in [-0.25, -0.2) is 9.78 Å². The molecule has 1 N–H and O–H groups in total. The molecule has 0 bridgehead atoms. The van der Waals surface area contributed by atoms with Crippen LogP contribution >= 0.6 is 0 Å². The number of hydrogen-bond acceptors (Lipinski definition) is 3. The number of aromatic nitrogens is 2. The fourth-order valence-electron chi connectivity index (χ4n) is 2.00. The lowest BCUT2D eigenvalue weighted by atomic mass is 10.1. The molecule has 2 heterocycles. The van der Waals surface area contributed by atoms with Gasteiger partial charge >= 0.3 is 5.97 Å².